The highest BCUT2D eigenvalue weighted by molar-refractivity contribution is 7.75. The van der Waals surface area contributed by atoms with E-state index in [4.69, 9.17) is 9.79 Å². The maximum absolute atomic E-state index is 10.2. The topological polar surface area (TPSA) is 85.2 Å². The van der Waals surface area contributed by atoms with Gasteiger partial charge in [0.25, 0.3) is 0 Å². The highest BCUT2D eigenvalue weighted by atomic mass is 32.1. The summed E-state index contributed by atoms with van der Waals surface area (Å²) < 4.78 is 23.1. The summed E-state index contributed by atoms with van der Waals surface area (Å²) in [5.41, 5.74) is 0. The maximum Gasteiger partial charge on any atom is 0.469 e. The lowest BCUT2D eigenvalue weighted by Gasteiger charge is -2.12. The first kappa shape index (κ1) is 12.7. The molecule has 0 bridgehead atoms. The molecule has 0 rings (SSSR count). The molecule has 12 heavy (non-hydrogen) atoms. The van der Waals surface area contributed by atoms with Gasteiger partial charge in [0, 0.05) is 0 Å². The molecule has 0 saturated carbocycles. The van der Waals surface area contributed by atoms with Gasteiger partial charge in [-0.15, -0.1) is 0 Å². The molecule has 0 spiro atoms. The first-order chi connectivity index (χ1) is 5.49. The van der Waals surface area contributed by atoms with Crippen molar-refractivity contribution in [2.24, 2.45) is 0 Å². The highest BCUT2D eigenvalue weighted by Crippen LogP contribution is 2.35. The van der Waals surface area contributed by atoms with Gasteiger partial charge in [0.2, 0.25) is 0 Å². The van der Waals surface area contributed by atoms with E-state index in [0.717, 1.165) is 0 Å². The van der Waals surface area contributed by atoms with Crippen LogP contribution >= 0.6 is 33.6 Å². The Kier molecular flexibility index (Phi) is 6.60. The number of hydrogen-bond acceptors (Lipinski definition) is 6. The van der Waals surface area contributed by atoms with Crippen LogP contribution in [0.25, 0.3) is 0 Å². The average molecular weight is 236 g/mol. The number of rotatable bonds is 6. The van der Waals surface area contributed by atoms with Crippen LogP contribution in [0.4, 0.5) is 0 Å². The second-order valence-electron chi connectivity index (χ2n) is 1.81. The molecule has 0 aromatic rings. The summed E-state index contributed by atoms with van der Waals surface area (Å²) in [4.78, 5) is 16.6. The summed E-state index contributed by atoms with van der Waals surface area (Å²) in [5, 5.41) is 0. The molecule has 0 aliphatic heterocycles. The molecule has 0 fully saturated rings. The predicted octanol–water partition coefficient (Wildman–Crippen LogP) is 0.187. The molecule has 0 aliphatic carbocycles. The van der Waals surface area contributed by atoms with Gasteiger partial charge in [0.15, 0.2) is 0 Å². The SMILES string of the molecule is O=P(O)(O)OC[C@@H](COS)OS. The third-order valence-corrected chi connectivity index (χ3v) is 1.77. The number of hydrogen-bond donors (Lipinski definition) is 4. The molecule has 6 nitrogen and oxygen atoms in total. The molecule has 0 radical (unpaired) electrons. The van der Waals surface area contributed by atoms with Crippen LogP contribution in [0.2, 0.25) is 0 Å². The van der Waals surface area contributed by atoms with E-state index >= 15 is 0 Å². The fourth-order valence-electron chi connectivity index (χ4n) is 0.372. The van der Waals surface area contributed by atoms with Crippen molar-refractivity contribution in [1.29, 1.82) is 0 Å². The van der Waals surface area contributed by atoms with E-state index in [-0.39, 0.29) is 13.2 Å². The van der Waals surface area contributed by atoms with Crippen molar-refractivity contribution in [3.05, 3.63) is 0 Å². The zero-order valence-corrected chi connectivity index (χ0v) is 8.54. The molecular formula is C3H9O6PS2. The van der Waals surface area contributed by atoms with Crippen LogP contribution < -0.4 is 0 Å². The van der Waals surface area contributed by atoms with E-state index < -0.39 is 13.9 Å². The summed E-state index contributed by atoms with van der Waals surface area (Å²) in [6, 6.07) is 0. The second-order valence-corrected chi connectivity index (χ2v) is 3.52. The zero-order chi connectivity index (χ0) is 9.61. The van der Waals surface area contributed by atoms with Crippen molar-refractivity contribution in [2.45, 2.75) is 6.10 Å². The summed E-state index contributed by atoms with van der Waals surface area (Å²) in [6.07, 6.45) is -0.668. The maximum atomic E-state index is 10.2. The van der Waals surface area contributed by atoms with Crippen LogP contribution in [0.3, 0.4) is 0 Å². The lowest BCUT2D eigenvalue weighted by Crippen LogP contribution is -2.20. The van der Waals surface area contributed by atoms with Crippen molar-refractivity contribution in [3.8, 4) is 0 Å². The minimum absolute atomic E-state index is 0.0204. The van der Waals surface area contributed by atoms with Crippen molar-refractivity contribution >= 4 is 33.6 Å². The molecule has 0 aromatic carbocycles. The Morgan fingerprint density at radius 2 is 1.92 bits per heavy atom. The van der Waals surface area contributed by atoms with Gasteiger partial charge >= 0.3 is 7.82 Å². The van der Waals surface area contributed by atoms with E-state index in [0.29, 0.717) is 0 Å². The fraction of sp³-hybridized carbons (Fsp3) is 1.00. The lowest BCUT2D eigenvalue weighted by atomic mass is 10.4. The van der Waals surface area contributed by atoms with Crippen molar-refractivity contribution in [3.63, 3.8) is 0 Å². The number of phosphoric ester groups is 1. The number of phosphoric acid groups is 1. The monoisotopic (exact) mass is 236 g/mol. The minimum atomic E-state index is -4.45. The molecule has 2 N–H and O–H groups in total. The van der Waals surface area contributed by atoms with Gasteiger partial charge in [-0.05, 0) is 25.8 Å². The summed E-state index contributed by atoms with van der Waals surface area (Å²) in [7, 11) is -4.45. The Labute approximate surface area is 80.7 Å². The Balaban J connectivity index is 3.65. The molecule has 74 valence electrons. The van der Waals surface area contributed by atoms with Crippen molar-refractivity contribution in [2.75, 3.05) is 13.2 Å². The smallest absolute Gasteiger partial charge is 0.316 e. The zero-order valence-electron chi connectivity index (χ0n) is 5.86. The highest BCUT2D eigenvalue weighted by Gasteiger charge is 2.18. The lowest BCUT2D eigenvalue weighted by molar-refractivity contribution is 0.0893. The van der Waals surface area contributed by atoms with E-state index in [1.165, 1.54) is 0 Å². The third kappa shape index (κ3) is 7.38. The van der Waals surface area contributed by atoms with Gasteiger partial charge in [0.1, 0.15) is 6.10 Å². The van der Waals surface area contributed by atoms with Gasteiger partial charge in [0.05, 0.1) is 13.2 Å². The van der Waals surface area contributed by atoms with Crippen LogP contribution in [0.15, 0.2) is 0 Å². The number of thiol groups is 2. The molecule has 9 heteroatoms. The van der Waals surface area contributed by atoms with E-state index in [1.807, 2.05) is 0 Å². The van der Waals surface area contributed by atoms with Crippen molar-refractivity contribution in [1.82, 2.24) is 0 Å². The molecule has 0 unspecified atom stereocenters. The van der Waals surface area contributed by atoms with Gasteiger partial charge in [-0.3, -0.25) is 4.52 Å². The average Bonchev–Trinajstić information content (AvgIpc) is 1.96. The summed E-state index contributed by atoms with van der Waals surface area (Å²) in [5.74, 6) is 0. The first-order valence-corrected chi connectivity index (χ1v) is 5.02. The van der Waals surface area contributed by atoms with Gasteiger partial charge in [-0.25, -0.2) is 4.57 Å². The molecule has 0 aliphatic rings. The van der Waals surface area contributed by atoms with Crippen LogP contribution in [0.5, 0.6) is 0 Å². The second kappa shape index (κ2) is 6.22. The summed E-state index contributed by atoms with van der Waals surface area (Å²) >= 11 is 6.85. The van der Waals surface area contributed by atoms with E-state index in [9.17, 15) is 4.57 Å². The minimum Gasteiger partial charge on any atom is -0.316 e. The largest absolute Gasteiger partial charge is 0.469 e. The van der Waals surface area contributed by atoms with E-state index in [2.05, 4.69) is 38.7 Å². The normalized spacial score (nSPS) is 14.7. The quantitative estimate of drug-likeness (QED) is 0.299. The third-order valence-electron chi connectivity index (χ3n) is 0.838. The summed E-state index contributed by atoms with van der Waals surface area (Å²) in [6.45, 7) is -0.291. The van der Waals surface area contributed by atoms with Crippen LogP contribution in [0.1, 0.15) is 0 Å². The predicted molar refractivity (Wildman–Crippen MR) is 46.8 cm³/mol. The molecular weight excluding hydrogens is 227 g/mol. The van der Waals surface area contributed by atoms with Crippen LogP contribution in [0, 0.1) is 0 Å². The fourth-order valence-corrected chi connectivity index (χ4v) is 1.02. The Bertz CT molecular complexity index is 159. The standard InChI is InChI=1S/C3H9O6PS2/c4-10(5,6)7-1-3(9-12)2-8-11/h3,11-12H,1-2H2,(H2,4,5,6)/t3-/m0/s1. The Morgan fingerprint density at radius 1 is 1.33 bits per heavy atom. The molecule has 0 heterocycles. The molecule has 0 aromatic heterocycles. The van der Waals surface area contributed by atoms with Gasteiger partial charge in [-0.1, -0.05) is 0 Å². The molecule has 1 atom stereocenters. The van der Waals surface area contributed by atoms with Crippen molar-refractivity contribution < 1.29 is 27.2 Å². The molecule has 0 amide bonds. The molecule has 0 saturated heterocycles. The first-order valence-electron chi connectivity index (χ1n) is 2.76. The van der Waals surface area contributed by atoms with Gasteiger partial charge < -0.3 is 18.2 Å². The van der Waals surface area contributed by atoms with Crippen LogP contribution in [-0.4, -0.2) is 29.1 Å². The van der Waals surface area contributed by atoms with E-state index in [1.54, 1.807) is 0 Å². The van der Waals surface area contributed by atoms with Crippen LogP contribution in [-0.2, 0) is 17.5 Å². The Hall–Kier alpha value is 0.730. The Morgan fingerprint density at radius 3 is 2.25 bits per heavy atom. The van der Waals surface area contributed by atoms with Gasteiger partial charge in [-0.2, -0.15) is 0 Å².